The summed E-state index contributed by atoms with van der Waals surface area (Å²) in [7, 11) is 0. The molecule has 1 aromatic heterocycles. The molecule has 1 amide bonds. The van der Waals surface area contributed by atoms with Crippen LogP contribution in [0, 0.1) is 20.8 Å². The molecule has 0 saturated carbocycles. The Kier molecular flexibility index (Phi) is 5.56. The van der Waals surface area contributed by atoms with Gasteiger partial charge in [0, 0.05) is 17.1 Å². The molecular formula is C24H20N2O3S2. The highest BCUT2D eigenvalue weighted by atomic mass is 32.2. The van der Waals surface area contributed by atoms with Gasteiger partial charge in [0.1, 0.15) is 0 Å². The Hall–Kier alpha value is -3.16. The second-order valence-electron chi connectivity index (χ2n) is 7.27. The highest BCUT2D eigenvalue weighted by Gasteiger charge is 2.33. The number of hydrogen-bond donors (Lipinski definition) is 1. The molecule has 1 N–H and O–H groups in total. The highest BCUT2D eigenvalue weighted by molar-refractivity contribution is 8.27. The Bertz CT molecular complexity index is 1260. The van der Waals surface area contributed by atoms with E-state index in [1.807, 2.05) is 73.9 Å². The number of thiocarbonyl (C=S) groups is 1. The third-order valence-electron chi connectivity index (χ3n) is 5.34. The average molecular weight is 449 g/mol. The van der Waals surface area contributed by atoms with Gasteiger partial charge in [-0.15, -0.1) is 0 Å². The fourth-order valence-corrected chi connectivity index (χ4v) is 5.10. The molecule has 2 heterocycles. The van der Waals surface area contributed by atoms with E-state index in [4.69, 9.17) is 12.2 Å². The maximum atomic E-state index is 13.0. The number of rotatable bonds is 4. The number of aryl methyl sites for hydroxylation is 1. The molecule has 0 unspecified atom stereocenters. The van der Waals surface area contributed by atoms with Crippen molar-refractivity contribution in [2.24, 2.45) is 0 Å². The lowest BCUT2D eigenvalue weighted by molar-refractivity contribution is -0.113. The lowest BCUT2D eigenvalue weighted by Gasteiger charge is -2.14. The third-order valence-corrected chi connectivity index (χ3v) is 6.64. The number of carboxylic acid groups (broad SMARTS) is 1. The molecule has 1 saturated heterocycles. The number of aromatic nitrogens is 1. The molecule has 0 radical (unpaired) electrons. The lowest BCUT2D eigenvalue weighted by Crippen LogP contribution is -2.27. The van der Waals surface area contributed by atoms with Gasteiger partial charge in [0.05, 0.1) is 16.2 Å². The molecule has 0 atom stereocenters. The monoisotopic (exact) mass is 448 g/mol. The van der Waals surface area contributed by atoms with Crippen LogP contribution in [0.1, 0.15) is 32.9 Å². The molecule has 4 rings (SSSR count). The smallest absolute Gasteiger partial charge is 0.336 e. The van der Waals surface area contributed by atoms with Gasteiger partial charge in [0.15, 0.2) is 4.32 Å². The predicted molar refractivity (Wildman–Crippen MR) is 129 cm³/mol. The molecule has 0 spiro atoms. The van der Waals surface area contributed by atoms with E-state index >= 15 is 0 Å². The summed E-state index contributed by atoms with van der Waals surface area (Å²) in [5.74, 6) is -1.10. The maximum absolute atomic E-state index is 13.0. The van der Waals surface area contributed by atoms with Gasteiger partial charge < -0.3 is 9.67 Å². The summed E-state index contributed by atoms with van der Waals surface area (Å²) in [6.45, 7) is 5.73. The maximum Gasteiger partial charge on any atom is 0.336 e. The van der Waals surface area contributed by atoms with Crippen LogP contribution in [0.2, 0.25) is 0 Å². The number of para-hydroxylation sites is 1. The van der Waals surface area contributed by atoms with Crippen molar-refractivity contribution in [3.63, 3.8) is 0 Å². The molecule has 0 bridgehead atoms. The zero-order chi connectivity index (χ0) is 22.3. The molecule has 3 aromatic rings. The minimum Gasteiger partial charge on any atom is -0.478 e. The fourth-order valence-electron chi connectivity index (χ4n) is 3.81. The first-order chi connectivity index (χ1) is 14.8. The molecule has 7 heteroatoms. The molecule has 2 aromatic carbocycles. The van der Waals surface area contributed by atoms with Gasteiger partial charge in [-0.25, -0.2) is 4.79 Å². The lowest BCUT2D eigenvalue weighted by atomic mass is 10.1. The van der Waals surface area contributed by atoms with Crippen molar-refractivity contribution < 1.29 is 14.7 Å². The average Bonchev–Trinajstić information content (AvgIpc) is 3.17. The zero-order valence-corrected chi connectivity index (χ0v) is 18.9. The molecule has 5 nitrogen and oxygen atoms in total. The normalized spacial score (nSPS) is 15.2. The van der Waals surface area contributed by atoms with Gasteiger partial charge in [0.25, 0.3) is 5.91 Å². The Labute approximate surface area is 190 Å². The van der Waals surface area contributed by atoms with Gasteiger partial charge in [-0.3, -0.25) is 9.69 Å². The van der Waals surface area contributed by atoms with Crippen LogP contribution in [-0.4, -0.2) is 25.9 Å². The van der Waals surface area contributed by atoms with Crippen LogP contribution in [0.25, 0.3) is 11.8 Å². The second-order valence-corrected chi connectivity index (χ2v) is 8.95. The number of nitrogens with zero attached hydrogens (tertiary/aromatic N) is 2. The number of anilines is 1. The number of benzene rings is 2. The summed E-state index contributed by atoms with van der Waals surface area (Å²) in [5, 5.41) is 9.47. The van der Waals surface area contributed by atoms with Crippen LogP contribution in [0.15, 0.2) is 59.5 Å². The van der Waals surface area contributed by atoms with Crippen LogP contribution in [0.5, 0.6) is 0 Å². The van der Waals surface area contributed by atoms with Crippen molar-refractivity contribution in [1.29, 1.82) is 0 Å². The van der Waals surface area contributed by atoms with E-state index < -0.39 is 5.97 Å². The highest BCUT2D eigenvalue weighted by Crippen LogP contribution is 2.37. The fraction of sp³-hybridized carbons (Fsp3) is 0.125. The first kappa shape index (κ1) is 21.1. The summed E-state index contributed by atoms with van der Waals surface area (Å²) in [5.41, 5.74) is 5.30. The summed E-state index contributed by atoms with van der Waals surface area (Å²) in [6.07, 6.45) is 1.86. The van der Waals surface area contributed by atoms with E-state index in [1.54, 1.807) is 17.0 Å². The van der Waals surface area contributed by atoms with E-state index in [0.717, 1.165) is 28.3 Å². The molecule has 156 valence electrons. The number of thioether (sulfide) groups is 1. The number of carboxylic acids is 1. The first-order valence-corrected chi connectivity index (χ1v) is 10.9. The number of aromatic carboxylic acids is 1. The molecule has 1 aliphatic rings. The third kappa shape index (κ3) is 3.71. The van der Waals surface area contributed by atoms with E-state index in [0.29, 0.717) is 14.8 Å². The molecule has 0 aliphatic carbocycles. The first-order valence-electron chi connectivity index (χ1n) is 9.65. The molecule has 1 aliphatic heterocycles. The molecule has 1 fully saturated rings. The SMILES string of the molecule is Cc1c(C(=O)O)cccc1-n1c(C)cc(/C=C2/SC(=S)N(c3ccccc3)C2=O)c1C. The summed E-state index contributed by atoms with van der Waals surface area (Å²) < 4.78 is 2.52. The zero-order valence-electron chi connectivity index (χ0n) is 17.2. The number of amides is 1. The van der Waals surface area contributed by atoms with E-state index in [9.17, 15) is 14.7 Å². The van der Waals surface area contributed by atoms with Crippen molar-refractivity contribution in [3.8, 4) is 5.69 Å². The summed E-state index contributed by atoms with van der Waals surface area (Å²) >= 11 is 6.74. The quantitative estimate of drug-likeness (QED) is 0.421. The minimum absolute atomic E-state index is 0.143. The van der Waals surface area contributed by atoms with Gasteiger partial charge in [-0.1, -0.05) is 48.2 Å². The number of carbonyl (C=O) groups excluding carboxylic acids is 1. The predicted octanol–water partition coefficient (Wildman–Crippen LogP) is 5.51. The van der Waals surface area contributed by atoms with Gasteiger partial charge >= 0.3 is 5.97 Å². The van der Waals surface area contributed by atoms with Crippen LogP contribution >= 0.6 is 24.0 Å². The minimum atomic E-state index is -0.952. The summed E-state index contributed by atoms with van der Waals surface area (Å²) in [6, 6.07) is 16.6. The van der Waals surface area contributed by atoms with Crippen LogP contribution in [-0.2, 0) is 4.79 Å². The van der Waals surface area contributed by atoms with Crippen molar-refractivity contribution in [3.05, 3.63) is 87.6 Å². The van der Waals surface area contributed by atoms with E-state index in [2.05, 4.69) is 0 Å². The van der Waals surface area contributed by atoms with Crippen molar-refractivity contribution in [2.75, 3.05) is 4.90 Å². The summed E-state index contributed by atoms with van der Waals surface area (Å²) in [4.78, 5) is 26.7. The van der Waals surface area contributed by atoms with Crippen LogP contribution in [0.4, 0.5) is 5.69 Å². The topological polar surface area (TPSA) is 62.5 Å². The van der Waals surface area contributed by atoms with Crippen molar-refractivity contribution >= 4 is 51.9 Å². The van der Waals surface area contributed by atoms with Crippen molar-refractivity contribution in [2.45, 2.75) is 20.8 Å². The van der Waals surface area contributed by atoms with Crippen LogP contribution < -0.4 is 4.90 Å². The largest absolute Gasteiger partial charge is 0.478 e. The van der Waals surface area contributed by atoms with Gasteiger partial charge in [-0.2, -0.15) is 0 Å². The Balaban J connectivity index is 1.75. The standard InChI is InChI=1S/C24H20N2O3S2/c1-14-12-17(16(3)25(14)20-11-7-10-19(15(20)2)23(28)29)13-21-22(27)26(24(30)31-21)18-8-5-4-6-9-18/h4-13H,1-3H3,(H,28,29)/b21-13+. The number of hydrogen-bond acceptors (Lipinski definition) is 4. The van der Waals surface area contributed by atoms with Gasteiger partial charge in [-0.05, 0) is 68.3 Å². The van der Waals surface area contributed by atoms with E-state index in [1.165, 1.54) is 11.8 Å². The number of carbonyl (C=O) groups is 2. The Morgan fingerprint density at radius 1 is 1.06 bits per heavy atom. The van der Waals surface area contributed by atoms with E-state index in [-0.39, 0.29) is 11.5 Å². The molecular weight excluding hydrogens is 428 g/mol. The molecule has 31 heavy (non-hydrogen) atoms. The second kappa shape index (κ2) is 8.17. The van der Waals surface area contributed by atoms with Crippen LogP contribution in [0.3, 0.4) is 0 Å². The Morgan fingerprint density at radius 2 is 1.77 bits per heavy atom. The Morgan fingerprint density at radius 3 is 2.45 bits per heavy atom. The van der Waals surface area contributed by atoms with Gasteiger partial charge in [0.2, 0.25) is 0 Å². The van der Waals surface area contributed by atoms with Crippen molar-refractivity contribution in [1.82, 2.24) is 4.57 Å².